The molecule has 2 aromatic rings. The first-order valence-corrected chi connectivity index (χ1v) is 6.93. The van der Waals surface area contributed by atoms with E-state index in [2.05, 4.69) is 25.8 Å². The van der Waals surface area contributed by atoms with E-state index in [-0.39, 0.29) is 0 Å². The van der Waals surface area contributed by atoms with E-state index >= 15 is 0 Å². The Hall–Kier alpha value is -1.33. The average Bonchev–Trinajstić information content (AvgIpc) is 2.74. The molecule has 0 fully saturated rings. The van der Waals surface area contributed by atoms with Gasteiger partial charge >= 0.3 is 0 Å². The monoisotopic (exact) mass is 323 g/mol. The van der Waals surface area contributed by atoms with E-state index in [0.29, 0.717) is 0 Å². The summed E-state index contributed by atoms with van der Waals surface area (Å²) in [6.07, 6.45) is 3.29. The number of aliphatic hydroxyl groups excluding tert-OH is 1. The van der Waals surface area contributed by atoms with Gasteiger partial charge in [0.15, 0.2) is 0 Å². The maximum Gasteiger partial charge on any atom is 0.127 e. The molecule has 1 N–H and O–H groups in total. The topological polar surface area (TPSA) is 41.3 Å². The van der Waals surface area contributed by atoms with E-state index in [1.807, 2.05) is 43.1 Å². The van der Waals surface area contributed by atoms with Gasteiger partial charge < -0.3 is 14.6 Å². The quantitative estimate of drug-likeness (QED) is 0.940. The second kappa shape index (κ2) is 5.75. The molecule has 0 saturated carbocycles. The average molecular weight is 324 g/mol. The van der Waals surface area contributed by atoms with Crippen LogP contribution in [0.4, 0.5) is 5.69 Å². The molecule has 1 heterocycles. The van der Waals surface area contributed by atoms with Crippen molar-refractivity contribution in [2.75, 3.05) is 11.9 Å². The summed E-state index contributed by atoms with van der Waals surface area (Å²) in [4.78, 5) is 6.45. The summed E-state index contributed by atoms with van der Waals surface area (Å²) in [5, 5.41) is 9.57. The predicted octanol–water partition coefficient (Wildman–Crippen LogP) is 2.87. The Morgan fingerprint density at radius 3 is 2.74 bits per heavy atom. The molecular weight excluding hydrogens is 306 g/mol. The van der Waals surface area contributed by atoms with Crippen molar-refractivity contribution in [3.8, 4) is 0 Å². The highest BCUT2D eigenvalue weighted by molar-refractivity contribution is 9.10. The summed E-state index contributed by atoms with van der Waals surface area (Å²) < 4.78 is 2.98. The van der Waals surface area contributed by atoms with Crippen LogP contribution in [-0.2, 0) is 13.6 Å². The lowest BCUT2D eigenvalue weighted by Gasteiger charge is -2.21. The molecule has 0 bridgehead atoms. The fourth-order valence-corrected chi connectivity index (χ4v) is 2.64. The Bertz CT molecular complexity index is 566. The summed E-state index contributed by atoms with van der Waals surface area (Å²) >= 11 is 3.56. The molecule has 1 aromatic carbocycles. The summed E-state index contributed by atoms with van der Waals surface area (Å²) in [6, 6.07) is 5.91. The molecule has 0 unspecified atom stereocenters. The second-order valence-electron chi connectivity index (χ2n) is 4.70. The molecule has 0 saturated heterocycles. The van der Waals surface area contributed by atoms with Gasteiger partial charge in [0.05, 0.1) is 18.3 Å². The summed E-state index contributed by atoms with van der Waals surface area (Å²) in [5.74, 6) is 1.01. The van der Waals surface area contributed by atoms with Gasteiger partial charge in [-0.15, -0.1) is 0 Å². The number of hydrogen-bond donors (Lipinski definition) is 1. The number of halogens is 1. The van der Waals surface area contributed by atoms with Crippen molar-refractivity contribution in [3.63, 3.8) is 0 Å². The van der Waals surface area contributed by atoms with Gasteiger partial charge in [-0.3, -0.25) is 0 Å². The third-order valence-electron chi connectivity index (χ3n) is 3.16. The summed E-state index contributed by atoms with van der Waals surface area (Å²) in [7, 11) is 4.01. The fourth-order valence-electron chi connectivity index (χ4n) is 1.94. The lowest BCUT2D eigenvalue weighted by atomic mass is 10.1. The Morgan fingerprint density at radius 2 is 2.21 bits per heavy atom. The number of aliphatic hydroxyl groups is 1. The van der Waals surface area contributed by atoms with Crippen molar-refractivity contribution in [2.45, 2.75) is 19.6 Å². The molecule has 1 atom stereocenters. The number of aromatic nitrogens is 2. The van der Waals surface area contributed by atoms with Gasteiger partial charge in [-0.2, -0.15) is 0 Å². The van der Waals surface area contributed by atoms with Crippen LogP contribution in [0.5, 0.6) is 0 Å². The van der Waals surface area contributed by atoms with Gasteiger partial charge in [-0.05, 0) is 40.5 Å². The minimum atomic E-state index is -0.454. The molecule has 1 aromatic heterocycles. The first-order chi connectivity index (χ1) is 8.99. The van der Waals surface area contributed by atoms with Gasteiger partial charge in [-0.25, -0.2) is 4.98 Å². The molecule has 5 heteroatoms. The van der Waals surface area contributed by atoms with Crippen molar-refractivity contribution in [3.05, 3.63) is 46.5 Å². The predicted molar refractivity (Wildman–Crippen MR) is 80.1 cm³/mol. The van der Waals surface area contributed by atoms with Crippen molar-refractivity contribution < 1.29 is 5.11 Å². The van der Waals surface area contributed by atoms with Gasteiger partial charge in [0.2, 0.25) is 0 Å². The van der Waals surface area contributed by atoms with Gasteiger partial charge in [0.1, 0.15) is 5.82 Å². The highest BCUT2D eigenvalue weighted by atomic mass is 79.9. The first-order valence-electron chi connectivity index (χ1n) is 6.14. The normalized spacial score (nSPS) is 12.5. The molecule has 0 aliphatic carbocycles. The molecule has 0 amide bonds. The summed E-state index contributed by atoms with van der Waals surface area (Å²) in [5.41, 5.74) is 1.98. The van der Waals surface area contributed by atoms with Crippen LogP contribution in [0.25, 0.3) is 0 Å². The van der Waals surface area contributed by atoms with Crippen LogP contribution in [0.1, 0.15) is 24.4 Å². The van der Waals surface area contributed by atoms with E-state index in [9.17, 15) is 5.11 Å². The van der Waals surface area contributed by atoms with Gasteiger partial charge in [0, 0.05) is 31.0 Å². The molecule has 0 aliphatic rings. The number of aryl methyl sites for hydroxylation is 1. The first kappa shape index (κ1) is 14.1. The van der Waals surface area contributed by atoms with Gasteiger partial charge in [-0.1, -0.05) is 6.07 Å². The van der Waals surface area contributed by atoms with E-state index in [1.165, 1.54) is 0 Å². The van der Waals surface area contributed by atoms with Crippen LogP contribution in [-0.4, -0.2) is 21.7 Å². The lowest BCUT2D eigenvalue weighted by molar-refractivity contribution is 0.199. The molecular formula is C14H18BrN3O. The largest absolute Gasteiger partial charge is 0.389 e. The van der Waals surface area contributed by atoms with Crippen molar-refractivity contribution in [1.82, 2.24) is 9.55 Å². The number of anilines is 1. The molecule has 19 heavy (non-hydrogen) atoms. The molecule has 0 spiro atoms. The Labute approximate surface area is 121 Å². The van der Waals surface area contributed by atoms with Crippen molar-refractivity contribution in [2.24, 2.45) is 7.05 Å². The number of benzene rings is 1. The van der Waals surface area contributed by atoms with Crippen LogP contribution in [0, 0.1) is 0 Å². The zero-order valence-electron chi connectivity index (χ0n) is 11.3. The van der Waals surface area contributed by atoms with E-state index in [1.54, 1.807) is 13.1 Å². The third-order valence-corrected chi connectivity index (χ3v) is 3.80. The number of imidazole rings is 1. The lowest BCUT2D eigenvalue weighted by Crippen LogP contribution is -2.19. The molecule has 0 aliphatic heterocycles. The Kier molecular flexibility index (Phi) is 4.27. The Morgan fingerprint density at radius 1 is 1.47 bits per heavy atom. The number of rotatable bonds is 4. The van der Waals surface area contributed by atoms with Crippen molar-refractivity contribution >= 4 is 21.6 Å². The zero-order valence-corrected chi connectivity index (χ0v) is 12.9. The molecule has 102 valence electrons. The van der Waals surface area contributed by atoms with Crippen molar-refractivity contribution in [1.29, 1.82) is 0 Å². The highest BCUT2D eigenvalue weighted by Crippen LogP contribution is 2.29. The second-order valence-corrected chi connectivity index (χ2v) is 5.55. The van der Waals surface area contributed by atoms with Gasteiger partial charge in [0.25, 0.3) is 0 Å². The maximum atomic E-state index is 9.57. The number of hydrogen-bond acceptors (Lipinski definition) is 3. The SMILES string of the molecule is C[C@H](O)c1ccc(N(C)Cc2nccn2C)c(Br)c1. The highest BCUT2D eigenvalue weighted by Gasteiger charge is 2.11. The fraction of sp³-hybridized carbons (Fsp3) is 0.357. The zero-order chi connectivity index (χ0) is 14.0. The van der Waals surface area contributed by atoms with E-state index < -0.39 is 6.10 Å². The molecule has 4 nitrogen and oxygen atoms in total. The Balaban J connectivity index is 2.20. The van der Waals surface area contributed by atoms with Crippen LogP contribution in [0.15, 0.2) is 35.1 Å². The molecule has 0 radical (unpaired) electrons. The van der Waals surface area contributed by atoms with Crippen LogP contribution in [0.3, 0.4) is 0 Å². The summed E-state index contributed by atoms with van der Waals surface area (Å²) in [6.45, 7) is 2.50. The maximum absolute atomic E-state index is 9.57. The molecule has 2 rings (SSSR count). The smallest absolute Gasteiger partial charge is 0.127 e. The van der Waals surface area contributed by atoms with Crippen LogP contribution < -0.4 is 4.90 Å². The van der Waals surface area contributed by atoms with Crippen LogP contribution in [0.2, 0.25) is 0 Å². The minimum absolute atomic E-state index is 0.454. The number of nitrogens with zero attached hydrogens (tertiary/aromatic N) is 3. The third kappa shape index (κ3) is 3.16. The minimum Gasteiger partial charge on any atom is -0.389 e. The van der Waals surface area contributed by atoms with E-state index in [4.69, 9.17) is 0 Å². The van der Waals surface area contributed by atoms with E-state index in [0.717, 1.165) is 28.1 Å². The standard InChI is InChI=1S/C14H18BrN3O/c1-10(19)11-4-5-13(12(15)8-11)18(3)9-14-16-6-7-17(14)2/h4-8,10,19H,9H2,1-3H3/t10-/m0/s1. The van der Waals surface area contributed by atoms with Crippen LogP contribution >= 0.6 is 15.9 Å².